The van der Waals surface area contributed by atoms with E-state index in [1.165, 1.54) is 0 Å². The molecule has 166 valence electrons. The Morgan fingerprint density at radius 3 is 2.33 bits per heavy atom. The number of amides is 3. The molecule has 1 heterocycles. The van der Waals surface area contributed by atoms with Crippen molar-refractivity contribution in [1.29, 1.82) is 0 Å². The number of carbonyl (C=O) groups is 3. The number of hydrogen-bond acceptors (Lipinski definition) is 4. The zero-order valence-corrected chi connectivity index (χ0v) is 17.7. The van der Waals surface area contributed by atoms with Crippen LogP contribution in [0.2, 0.25) is 0 Å². The third-order valence-corrected chi connectivity index (χ3v) is 5.02. The summed E-state index contributed by atoms with van der Waals surface area (Å²) in [5.41, 5.74) is 1.00. The lowest BCUT2D eigenvalue weighted by Gasteiger charge is -2.30. The molecule has 30 heavy (non-hydrogen) atoms. The van der Waals surface area contributed by atoms with Gasteiger partial charge in [0.1, 0.15) is 12.7 Å². The second-order valence-electron chi connectivity index (χ2n) is 7.92. The van der Waals surface area contributed by atoms with E-state index in [2.05, 4.69) is 10.6 Å². The summed E-state index contributed by atoms with van der Waals surface area (Å²) in [5, 5.41) is 5.43. The number of morpholine rings is 1. The normalized spacial score (nSPS) is 16.1. The van der Waals surface area contributed by atoms with Gasteiger partial charge in [0.25, 0.3) is 0 Å². The molecule has 1 aliphatic heterocycles. The lowest BCUT2D eigenvalue weighted by atomic mass is 10.00. The number of ether oxygens (including phenoxy) is 1. The van der Waals surface area contributed by atoms with E-state index in [9.17, 15) is 18.8 Å². The first-order valence-electron chi connectivity index (χ1n) is 10.5. The zero-order valence-electron chi connectivity index (χ0n) is 17.7. The van der Waals surface area contributed by atoms with Gasteiger partial charge in [0.15, 0.2) is 5.78 Å². The molecule has 2 rings (SSSR count). The Kier molecular flexibility index (Phi) is 9.73. The summed E-state index contributed by atoms with van der Waals surface area (Å²) in [6.45, 7) is 4.59. The maximum Gasteiger partial charge on any atom is 0.318 e. The topological polar surface area (TPSA) is 87.7 Å². The Bertz CT molecular complexity index is 693. The third-order valence-electron chi connectivity index (χ3n) is 5.02. The minimum atomic E-state index is -1.14. The molecule has 0 aromatic heterocycles. The highest BCUT2D eigenvalue weighted by atomic mass is 19.1. The Morgan fingerprint density at radius 2 is 1.73 bits per heavy atom. The number of nitrogens with one attached hydrogen (secondary N) is 2. The average molecular weight is 422 g/mol. The predicted octanol–water partition coefficient (Wildman–Crippen LogP) is 2.10. The highest BCUT2D eigenvalue weighted by Crippen LogP contribution is 2.10. The number of carbonyl (C=O) groups excluding carboxylic acids is 3. The van der Waals surface area contributed by atoms with Crippen LogP contribution in [0, 0.1) is 5.92 Å². The molecule has 1 aromatic rings. The predicted molar refractivity (Wildman–Crippen MR) is 112 cm³/mol. The highest BCUT2D eigenvalue weighted by molar-refractivity contribution is 5.93. The summed E-state index contributed by atoms with van der Waals surface area (Å²) < 4.78 is 18.3. The van der Waals surface area contributed by atoms with Gasteiger partial charge in [0, 0.05) is 13.1 Å². The number of aryl methyl sites for hydroxylation is 1. The first kappa shape index (κ1) is 23.8. The summed E-state index contributed by atoms with van der Waals surface area (Å²) in [6.07, 6.45) is 1.24. The Balaban J connectivity index is 2.01. The maximum absolute atomic E-state index is 13.1. The van der Waals surface area contributed by atoms with Gasteiger partial charge in [-0.15, -0.1) is 0 Å². The number of benzene rings is 1. The van der Waals surface area contributed by atoms with E-state index in [1.807, 2.05) is 44.2 Å². The summed E-state index contributed by atoms with van der Waals surface area (Å²) in [7, 11) is 0. The molecular weight excluding hydrogens is 389 g/mol. The summed E-state index contributed by atoms with van der Waals surface area (Å²) >= 11 is 0. The van der Waals surface area contributed by atoms with Gasteiger partial charge in [-0.2, -0.15) is 0 Å². The van der Waals surface area contributed by atoms with Crippen LogP contribution in [-0.2, 0) is 20.7 Å². The molecule has 0 bridgehead atoms. The first-order chi connectivity index (χ1) is 14.4. The molecular formula is C22H32FN3O4. The largest absolute Gasteiger partial charge is 0.378 e. The molecule has 1 aromatic carbocycles. The van der Waals surface area contributed by atoms with Crippen molar-refractivity contribution in [2.75, 3.05) is 33.0 Å². The molecule has 1 saturated heterocycles. The van der Waals surface area contributed by atoms with Gasteiger partial charge in [0.05, 0.1) is 19.3 Å². The van der Waals surface area contributed by atoms with Crippen LogP contribution in [0.4, 0.5) is 9.18 Å². The van der Waals surface area contributed by atoms with Crippen LogP contribution in [0.1, 0.15) is 32.3 Å². The molecule has 8 heteroatoms. The van der Waals surface area contributed by atoms with Crippen LogP contribution >= 0.6 is 0 Å². The van der Waals surface area contributed by atoms with Crippen LogP contribution < -0.4 is 10.6 Å². The molecule has 2 N–H and O–H groups in total. The quantitative estimate of drug-likeness (QED) is 0.606. The fraction of sp³-hybridized carbons (Fsp3) is 0.591. The molecule has 0 aliphatic carbocycles. The van der Waals surface area contributed by atoms with Gasteiger partial charge >= 0.3 is 6.03 Å². The molecule has 7 nitrogen and oxygen atoms in total. The van der Waals surface area contributed by atoms with E-state index in [0.717, 1.165) is 5.56 Å². The summed E-state index contributed by atoms with van der Waals surface area (Å²) in [6, 6.07) is 7.44. The van der Waals surface area contributed by atoms with E-state index >= 15 is 0 Å². The van der Waals surface area contributed by atoms with E-state index in [1.54, 1.807) is 4.90 Å². The van der Waals surface area contributed by atoms with Gasteiger partial charge in [0.2, 0.25) is 5.91 Å². The summed E-state index contributed by atoms with van der Waals surface area (Å²) in [4.78, 5) is 39.1. The number of rotatable bonds is 10. The lowest BCUT2D eigenvalue weighted by Crippen LogP contribution is -2.56. The molecule has 2 atom stereocenters. The van der Waals surface area contributed by atoms with Crippen LogP contribution in [0.3, 0.4) is 0 Å². The number of ketones is 1. The van der Waals surface area contributed by atoms with Gasteiger partial charge in [-0.3, -0.25) is 9.59 Å². The standard InChI is InChI=1S/C22H32FN3O4/c1-16(2)14-19(25-22(29)26-10-12-30-13-11-26)21(28)24-18(20(27)15-23)9-8-17-6-4-3-5-7-17/h3-7,16,18-19H,8-15H2,1-2H3,(H,24,28)(H,25,29). The van der Waals surface area contributed by atoms with Crippen LogP contribution in [0.25, 0.3) is 0 Å². The third kappa shape index (κ3) is 7.74. The van der Waals surface area contributed by atoms with Crippen molar-refractivity contribution in [2.24, 2.45) is 5.92 Å². The monoisotopic (exact) mass is 421 g/mol. The first-order valence-corrected chi connectivity index (χ1v) is 10.5. The van der Waals surface area contributed by atoms with Gasteiger partial charge in [-0.1, -0.05) is 44.2 Å². The fourth-order valence-corrected chi connectivity index (χ4v) is 3.34. The minimum Gasteiger partial charge on any atom is -0.378 e. The fourth-order valence-electron chi connectivity index (χ4n) is 3.34. The van der Waals surface area contributed by atoms with Crippen molar-refractivity contribution < 1.29 is 23.5 Å². The number of alkyl halides is 1. The van der Waals surface area contributed by atoms with Gasteiger partial charge in [-0.05, 0) is 30.7 Å². The second kappa shape index (κ2) is 12.3. The van der Waals surface area contributed by atoms with Crippen LogP contribution in [0.5, 0.6) is 0 Å². The highest BCUT2D eigenvalue weighted by Gasteiger charge is 2.29. The van der Waals surface area contributed by atoms with E-state index in [4.69, 9.17) is 4.74 Å². The number of hydrogen-bond donors (Lipinski definition) is 2. The van der Waals surface area contributed by atoms with Crippen LogP contribution in [0.15, 0.2) is 30.3 Å². The molecule has 1 aliphatic rings. The number of halogens is 1. The number of nitrogens with zero attached hydrogens (tertiary/aromatic N) is 1. The van der Waals surface area contributed by atoms with Crippen molar-refractivity contribution in [2.45, 2.75) is 45.2 Å². The van der Waals surface area contributed by atoms with Crippen molar-refractivity contribution in [3.8, 4) is 0 Å². The molecule has 1 fully saturated rings. The van der Waals surface area contributed by atoms with Crippen molar-refractivity contribution in [3.63, 3.8) is 0 Å². The van der Waals surface area contributed by atoms with Crippen molar-refractivity contribution in [1.82, 2.24) is 15.5 Å². The maximum atomic E-state index is 13.1. The SMILES string of the molecule is CC(C)CC(NC(=O)N1CCOCC1)C(=O)NC(CCc1ccccc1)C(=O)CF. The Labute approximate surface area is 177 Å². The van der Waals surface area contributed by atoms with E-state index in [-0.39, 0.29) is 11.9 Å². The minimum absolute atomic E-state index is 0.144. The van der Waals surface area contributed by atoms with Gasteiger partial charge in [-0.25, -0.2) is 9.18 Å². The Hall–Kier alpha value is -2.48. The Morgan fingerprint density at radius 1 is 1.07 bits per heavy atom. The van der Waals surface area contributed by atoms with Gasteiger partial charge < -0.3 is 20.3 Å². The molecule has 0 spiro atoms. The average Bonchev–Trinajstić information content (AvgIpc) is 2.76. The molecule has 0 saturated carbocycles. The number of Topliss-reactive ketones (excluding diaryl/α,β-unsaturated/α-hetero) is 1. The molecule has 2 unspecified atom stereocenters. The summed E-state index contributed by atoms with van der Waals surface area (Å²) in [5.74, 6) is -0.988. The smallest absolute Gasteiger partial charge is 0.318 e. The molecule has 0 radical (unpaired) electrons. The second-order valence-corrected chi connectivity index (χ2v) is 7.92. The van der Waals surface area contributed by atoms with Crippen molar-refractivity contribution in [3.05, 3.63) is 35.9 Å². The molecule has 3 amide bonds. The van der Waals surface area contributed by atoms with E-state index < -0.39 is 30.4 Å². The zero-order chi connectivity index (χ0) is 21.9. The van der Waals surface area contributed by atoms with E-state index in [0.29, 0.717) is 45.6 Å². The van der Waals surface area contributed by atoms with Crippen molar-refractivity contribution >= 4 is 17.7 Å². The number of urea groups is 1. The van der Waals surface area contributed by atoms with Crippen LogP contribution in [-0.4, -0.2) is 67.7 Å². The lowest BCUT2D eigenvalue weighted by molar-refractivity contribution is -0.129.